The van der Waals surface area contributed by atoms with E-state index in [4.69, 9.17) is 16.3 Å². The Balaban J connectivity index is 2.46. The van der Waals surface area contributed by atoms with E-state index in [1.54, 1.807) is 0 Å². The average Bonchev–Trinajstić information content (AvgIpc) is 2.39. The molecule has 0 radical (unpaired) electrons. The van der Waals surface area contributed by atoms with Crippen LogP contribution in [0.3, 0.4) is 0 Å². The van der Waals surface area contributed by atoms with E-state index in [0.29, 0.717) is 0 Å². The summed E-state index contributed by atoms with van der Waals surface area (Å²) in [4.78, 5) is -0.539. The van der Waals surface area contributed by atoms with E-state index in [1.807, 2.05) is 0 Å². The van der Waals surface area contributed by atoms with Crippen LogP contribution in [-0.4, -0.2) is 14.2 Å². The first-order valence-electron chi connectivity index (χ1n) is 5.97. The van der Waals surface area contributed by atoms with Crippen molar-refractivity contribution in [3.05, 3.63) is 52.8 Å². The molecule has 0 saturated carbocycles. The molecule has 2 aromatic carbocycles. The Kier molecular flexibility index (Phi) is 4.67. The predicted molar refractivity (Wildman–Crippen MR) is 75.9 cm³/mol. The van der Waals surface area contributed by atoms with Gasteiger partial charge in [-0.15, -0.1) is 0 Å². The lowest BCUT2D eigenvalue weighted by atomic mass is 10.2. The number of halogens is 4. The van der Waals surface area contributed by atoms with Gasteiger partial charge < -0.3 is 4.74 Å². The molecule has 0 spiro atoms. The van der Waals surface area contributed by atoms with Crippen LogP contribution in [0.4, 0.5) is 13.2 Å². The minimum Gasteiger partial charge on any atom is -0.457 e. The molecule has 118 valence electrons. The highest BCUT2D eigenvalue weighted by molar-refractivity contribution is 7.91. The molecule has 0 amide bonds. The maximum Gasteiger partial charge on any atom is 0.341 e. The van der Waals surface area contributed by atoms with Gasteiger partial charge in [0.05, 0.1) is 4.90 Å². The molecule has 0 fully saturated rings. The summed E-state index contributed by atoms with van der Waals surface area (Å²) >= 11 is 5.69. The van der Waals surface area contributed by atoms with Gasteiger partial charge in [-0.05, 0) is 31.2 Å². The molecule has 3 nitrogen and oxygen atoms in total. The number of hydrogen-bond acceptors (Lipinski definition) is 3. The van der Waals surface area contributed by atoms with Gasteiger partial charge in [-0.25, -0.2) is 12.8 Å². The number of benzene rings is 2. The summed E-state index contributed by atoms with van der Waals surface area (Å²) < 4.78 is 67.1. The molecule has 0 aromatic heterocycles. The van der Waals surface area contributed by atoms with E-state index >= 15 is 0 Å². The first-order chi connectivity index (χ1) is 10.2. The second kappa shape index (κ2) is 6.18. The molecule has 0 aliphatic heterocycles. The Hall–Kier alpha value is -1.73. The lowest BCUT2D eigenvalue weighted by Gasteiger charge is -2.13. The van der Waals surface area contributed by atoms with Crippen molar-refractivity contribution in [2.24, 2.45) is 0 Å². The van der Waals surface area contributed by atoms with Crippen LogP contribution in [0.25, 0.3) is 0 Å². The van der Waals surface area contributed by atoms with Crippen LogP contribution < -0.4 is 4.74 Å². The lowest BCUT2D eigenvalue weighted by Crippen LogP contribution is -2.13. The fourth-order valence-corrected chi connectivity index (χ4v) is 3.02. The molecule has 0 aliphatic rings. The Morgan fingerprint density at radius 3 is 2.45 bits per heavy atom. The molecule has 0 N–H and O–H groups in total. The molecule has 8 heteroatoms. The van der Waals surface area contributed by atoms with Crippen molar-refractivity contribution < 1.29 is 26.3 Å². The van der Waals surface area contributed by atoms with Crippen LogP contribution in [0.2, 0.25) is 5.02 Å². The third kappa shape index (κ3) is 3.36. The third-order valence-electron chi connectivity index (χ3n) is 2.84. The number of alkyl halides is 2. The highest BCUT2D eigenvalue weighted by Crippen LogP contribution is 2.32. The van der Waals surface area contributed by atoms with Crippen LogP contribution in [0, 0.1) is 12.7 Å². The second-order valence-electron chi connectivity index (χ2n) is 4.39. The summed E-state index contributed by atoms with van der Waals surface area (Å²) in [5.74, 6) is -4.13. The van der Waals surface area contributed by atoms with Crippen LogP contribution in [0.5, 0.6) is 11.5 Å². The SMILES string of the molecule is Cc1c(Oc2cc(F)cc(Cl)c2)cccc1S(=O)(=O)C(F)F. The number of ether oxygens (including phenoxy) is 1. The number of hydrogen-bond donors (Lipinski definition) is 0. The van der Waals surface area contributed by atoms with Gasteiger partial charge in [0, 0.05) is 16.7 Å². The lowest BCUT2D eigenvalue weighted by molar-refractivity contribution is 0.234. The molecule has 0 unspecified atom stereocenters. The molecule has 0 aliphatic carbocycles. The molecule has 22 heavy (non-hydrogen) atoms. The molecule has 2 rings (SSSR count). The van der Waals surface area contributed by atoms with E-state index in [1.165, 1.54) is 25.1 Å². The molecule has 2 aromatic rings. The molecule has 0 heterocycles. The molecular formula is C14H10ClF3O3S. The van der Waals surface area contributed by atoms with E-state index in [0.717, 1.165) is 18.2 Å². The summed E-state index contributed by atoms with van der Waals surface area (Å²) in [5.41, 5.74) is 0.00295. The van der Waals surface area contributed by atoms with Gasteiger partial charge in [0.2, 0.25) is 9.84 Å². The maximum absolute atomic E-state index is 13.2. The molecule has 0 bridgehead atoms. The van der Waals surface area contributed by atoms with Gasteiger partial charge in [-0.3, -0.25) is 0 Å². The van der Waals surface area contributed by atoms with Gasteiger partial charge in [0.15, 0.2) is 0 Å². The number of rotatable bonds is 4. The highest BCUT2D eigenvalue weighted by atomic mass is 35.5. The van der Waals surface area contributed by atoms with Crippen LogP contribution in [0.1, 0.15) is 5.56 Å². The van der Waals surface area contributed by atoms with Crippen LogP contribution in [0.15, 0.2) is 41.3 Å². The summed E-state index contributed by atoms with van der Waals surface area (Å²) in [7, 11) is -4.75. The third-order valence-corrected chi connectivity index (χ3v) is 4.58. The fourth-order valence-electron chi connectivity index (χ4n) is 1.82. The maximum atomic E-state index is 13.2. The standard InChI is InChI=1S/C14H10ClF3O3S/c1-8-12(21-11-6-9(15)5-10(16)7-11)3-2-4-13(8)22(19,20)14(17)18/h2-7,14H,1H3. The zero-order valence-electron chi connectivity index (χ0n) is 11.2. The van der Waals surface area contributed by atoms with Gasteiger partial charge in [0.25, 0.3) is 0 Å². The Morgan fingerprint density at radius 1 is 1.18 bits per heavy atom. The topological polar surface area (TPSA) is 43.4 Å². The van der Waals surface area contributed by atoms with Gasteiger partial charge in [-0.2, -0.15) is 8.78 Å². The smallest absolute Gasteiger partial charge is 0.341 e. The van der Waals surface area contributed by atoms with Crippen LogP contribution >= 0.6 is 11.6 Å². The zero-order valence-corrected chi connectivity index (χ0v) is 12.8. The molecular weight excluding hydrogens is 341 g/mol. The Bertz CT molecular complexity index is 787. The molecule has 0 saturated heterocycles. The summed E-state index contributed by atoms with van der Waals surface area (Å²) in [6.45, 7) is 1.32. The quantitative estimate of drug-likeness (QED) is 0.810. The van der Waals surface area contributed by atoms with Crippen molar-refractivity contribution in [3.63, 3.8) is 0 Å². The van der Waals surface area contributed by atoms with E-state index in [9.17, 15) is 21.6 Å². The van der Waals surface area contributed by atoms with Gasteiger partial charge in [-0.1, -0.05) is 17.7 Å². The Labute approximate surface area is 130 Å². The minimum absolute atomic E-state index is 0.00295. The normalized spacial score (nSPS) is 11.7. The van der Waals surface area contributed by atoms with E-state index in [2.05, 4.69) is 0 Å². The predicted octanol–water partition coefficient (Wildman–Crippen LogP) is 4.58. The Morgan fingerprint density at radius 2 is 1.86 bits per heavy atom. The van der Waals surface area contributed by atoms with Crippen molar-refractivity contribution in [2.45, 2.75) is 17.6 Å². The summed E-state index contributed by atoms with van der Waals surface area (Å²) in [5, 5.41) is 0.0870. The highest BCUT2D eigenvalue weighted by Gasteiger charge is 2.29. The molecule has 0 atom stereocenters. The largest absolute Gasteiger partial charge is 0.457 e. The minimum atomic E-state index is -4.75. The van der Waals surface area contributed by atoms with Gasteiger partial charge >= 0.3 is 5.76 Å². The van der Waals surface area contributed by atoms with Crippen molar-refractivity contribution in [1.82, 2.24) is 0 Å². The fraction of sp³-hybridized carbons (Fsp3) is 0.143. The van der Waals surface area contributed by atoms with E-state index in [-0.39, 0.29) is 22.1 Å². The van der Waals surface area contributed by atoms with Crippen molar-refractivity contribution in [2.75, 3.05) is 0 Å². The van der Waals surface area contributed by atoms with Crippen LogP contribution in [-0.2, 0) is 9.84 Å². The first-order valence-corrected chi connectivity index (χ1v) is 7.90. The first kappa shape index (κ1) is 16.6. The number of sulfone groups is 1. The summed E-state index contributed by atoms with van der Waals surface area (Å²) in [6, 6.07) is 7.14. The summed E-state index contributed by atoms with van der Waals surface area (Å²) in [6.07, 6.45) is 0. The van der Waals surface area contributed by atoms with Crippen molar-refractivity contribution >= 4 is 21.4 Å². The zero-order chi connectivity index (χ0) is 16.5. The second-order valence-corrected chi connectivity index (χ2v) is 6.71. The average molecular weight is 351 g/mol. The monoisotopic (exact) mass is 350 g/mol. The van der Waals surface area contributed by atoms with Gasteiger partial charge in [0.1, 0.15) is 17.3 Å². The van der Waals surface area contributed by atoms with Crippen molar-refractivity contribution in [1.29, 1.82) is 0 Å². The van der Waals surface area contributed by atoms with Crippen molar-refractivity contribution in [3.8, 4) is 11.5 Å². The van der Waals surface area contributed by atoms with E-state index < -0.39 is 26.3 Å².